The summed E-state index contributed by atoms with van der Waals surface area (Å²) >= 11 is 0. The number of nitrogens with one attached hydrogen (secondary N) is 2. The van der Waals surface area contributed by atoms with Crippen LogP contribution in [0.15, 0.2) is 109 Å². The number of hydrogen-bond donors (Lipinski definition) is 2. The first-order valence-electron chi connectivity index (χ1n) is 10.8. The first kappa shape index (κ1) is 21.2. The number of benzene rings is 4. The molecule has 0 heterocycles. The molecule has 2 N–H and O–H groups in total. The lowest BCUT2D eigenvalue weighted by molar-refractivity contribution is -0.122. The number of carbonyl (C=O) groups is 1. The van der Waals surface area contributed by atoms with E-state index in [1.807, 2.05) is 104 Å². The highest BCUT2D eigenvalue weighted by atomic mass is 16.5. The Morgan fingerprint density at radius 3 is 1.84 bits per heavy atom. The number of rotatable bonds is 8. The van der Waals surface area contributed by atoms with E-state index in [2.05, 4.69) is 22.8 Å². The molecule has 0 aliphatic carbocycles. The summed E-state index contributed by atoms with van der Waals surface area (Å²) in [6.45, 7) is 1.94. The second-order valence-corrected chi connectivity index (χ2v) is 7.46. The molecule has 32 heavy (non-hydrogen) atoms. The minimum atomic E-state index is -0.570. The van der Waals surface area contributed by atoms with Crippen LogP contribution in [0, 0.1) is 0 Å². The molecule has 1 amide bonds. The fourth-order valence-electron chi connectivity index (χ4n) is 3.39. The zero-order valence-corrected chi connectivity index (χ0v) is 18.0. The van der Waals surface area contributed by atoms with Crippen molar-refractivity contribution in [1.82, 2.24) is 0 Å². The van der Waals surface area contributed by atoms with Crippen LogP contribution in [0.3, 0.4) is 0 Å². The summed E-state index contributed by atoms with van der Waals surface area (Å²) in [6.07, 6.45) is -0.000365. The Morgan fingerprint density at radius 2 is 1.22 bits per heavy atom. The van der Waals surface area contributed by atoms with Gasteiger partial charge in [-0.2, -0.15) is 0 Å². The molecule has 0 aliphatic rings. The number of amides is 1. The van der Waals surface area contributed by atoms with E-state index in [1.54, 1.807) is 0 Å². The van der Waals surface area contributed by atoms with Crippen LogP contribution in [-0.2, 0) is 4.79 Å². The summed E-state index contributed by atoms with van der Waals surface area (Å²) in [6, 6.07) is 35.6. The van der Waals surface area contributed by atoms with E-state index in [9.17, 15) is 4.79 Å². The maximum atomic E-state index is 12.8. The van der Waals surface area contributed by atoms with Gasteiger partial charge in [0.25, 0.3) is 5.91 Å². The van der Waals surface area contributed by atoms with Crippen molar-refractivity contribution in [2.24, 2.45) is 0 Å². The van der Waals surface area contributed by atoms with Gasteiger partial charge in [0.05, 0.1) is 0 Å². The van der Waals surface area contributed by atoms with Crippen LogP contribution in [-0.4, -0.2) is 12.0 Å². The second-order valence-electron chi connectivity index (χ2n) is 7.46. The monoisotopic (exact) mass is 422 g/mol. The SMILES string of the molecule is CCC(Oc1ccc(-c2ccccc2)cc1)C(=O)Nc1ccc(Nc2ccccc2)cc1. The van der Waals surface area contributed by atoms with Gasteiger partial charge in [0.1, 0.15) is 5.75 Å². The molecule has 1 unspecified atom stereocenters. The van der Waals surface area contributed by atoms with Crippen molar-refractivity contribution >= 4 is 23.0 Å². The lowest BCUT2D eigenvalue weighted by atomic mass is 10.1. The number of ether oxygens (including phenoxy) is 1. The molecule has 0 aromatic heterocycles. The molecule has 0 saturated heterocycles. The van der Waals surface area contributed by atoms with Gasteiger partial charge in [0.2, 0.25) is 0 Å². The molecule has 0 radical (unpaired) electrons. The lowest BCUT2D eigenvalue weighted by Gasteiger charge is -2.18. The maximum Gasteiger partial charge on any atom is 0.265 e. The minimum Gasteiger partial charge on any atom is -0.481 e. The molecule has 0 fully saturated rings. The molecular formula is C28H26N2O2. The predicted molar refractivity (Wildman–Crippen MR) is 131 cm³/mol. The van der Waals surface area contributed by atoms with Crippen LogP contribution in [0.1, 0.15) is 13.3 Å². The second kappa shape index (κ2) is 10.3. The molecule has 4 nitrogen and oxygen atoms in total. The maximum absolute atomic E-state index is 12.8. The Labute approximate surface area is 188 Å². The van der Waals surface area contributed by atoms with Crippen molar-refractivity contribution in [3.8, 4) is 16.9 Å². The van der Waals surface area contributed by atoms with Crippen molar-refractivity contribution < 1.29 is 9.53 Å². The molecule has 4 heteroatoms. The molecule has 1 atom stereocenters. The summed E-state index contributed by atoms with van der Waals surface area (Å²) in [5.74, 6) is 0.512. The molecular weight excluding hydrogens is 396 g/mol. The number of carbonyl (C=O) groups excluding carboxylic acids is 1. The van der Waals surface area contributed by atoms with E-state index in [4.69, 9.17) is 4.74 Å². The van der Waals surface area contributed by atoms with Crippen LogP contribution >= 0.6 is 0 Å². The third kappa shape index (κ3) is 5.55. The first-order valence-corrected chi connectivity index (χ1v) is 10.8. The van der Waals surface area contributed by atoms with E-state index in [-0.39, 0.29) is 5.91 Å². The van der Waals surface area contributed by atoms with Crippen molar-refractivity contribution in [3.05, 3.63) is 109 Å². The van der Waals surface area contributed by atoms with Crippen LogP contribution < -0.4 is 15.4 Å². The Morgan fingerprint density at radius 1 is 0.688 bits per heavy atom. The molecule has 160 valence electrons. The predicted octanol–water partition coefficient (Wildman–Crippen LogP) is 6.89. The number of hydrogen-bond acceptors (Lipinski definition) is 3. The summed E-state index contributed by atoms with van der Waals surface area (Å²) in [7, 11) is 0. The van der Waals surface area contributed by atoms with Gasteiger partial charge >= 0.3 is 0 Å². The summed E-state index contributed by atoms with van der Waals surface area (Å²) in [5.41, 5.74) is 4.96. The van der Waals surface area contributed by atoms with E-state index >= 15 is 0 Å². The van der Waals surface area contributed by atoms with E-state index in [0.29, 0.717) is 12.2 Å². The van der Waals surface area contributed by atoms with Crippen LogP contribution in [0.2, 0.25) is 0 Å². The van der Waals surface area contributed by atoms with Gasteiger partial charge in [0.15, 0.2) is 6.10 Å². The van der Waals surface area contributed by atoms with Crippen LogP contribution in [0.5, 0.6) is 5.75 Å². The minimum absolute atomic E-state index is 0.164. The summed E-state index contributed by atoms with van der Waals surface area (Å²) in [4.78, 5) is 12.8. The van der Waals surface area contributed by atoms with Crippen molar-refractivity contribution in [2.75, 3.05) is 10.6 Å². The average molecular weight is 423 g/mol. The van der Waals surface area contributed by atoms with Gasteiger partial charge in [0, 0.05) is 17.1 Å². The summed E-state index contributed by atoms with van der Waals surface area (Å²) < 4.78 is 5.97. The standard InChI is InChI=1S/C28H26N2O2/c1-2-27(32-26-19-13-22(14-20-26)21-9-5-3-6-10-21)28(31)30-25-17-15-24(16-18-25)29-23-11-7-4-8-12-23/h3-20,27,29H,2H2,1H3,(H,30,31). The van der Waals surface area contributed by atoms with Crippen LogP contribution in [0.4, 0.5) is 17.1 Å². The third-order valence-electron chi connectivity index (χ3n) is 5.12. The molecule has 0 aliphatic heterocycles. The largest absolute Gasteiger partial charge is 0.481 e. The smallest absolute Gasteiger partial charge is 0.265 e. The van der Waals surface area contributed by atoms with E-state index < -0.39 is 6.10 Å². The zero-order chi connectivity index (χ0) is 22.2. The molecule has 0 saturated carbocycles. The highest BCUT2D eigenvalue weighted by Gasteiger charge is 2.18. The first-order chi connectivity index (χ1) is 15.7. The molecule has 4 rings (SSSR count). The van der Waals surface area contributed by atoms with Gasteiger partial charge in [-0.05, 0) is 66.1 Å². The highest BCUT2D eigenvalue weighted by Crippen LogP contribution is 2.24. The van der Waals surface area contributed by atoms with Gasteiger partial charge < -0.3 is 15.4 Å². The van der Waals surface area contributed by atoms with Crippen molar-refractivity contribution in [3.63, 3.8) is 0 Å². The molecule has 0 bridgehead atoms. The van der Waals surface area contributed by atoms with E-state index in [1.165, 1.54) is 0 Å². The third-order valence-corrected chi connectivity index (χ3v) is 5.12. The van der Waals surface area contributed by atoms with E-state index in [0.717, 1.165) is 28.2 Å². The molecule has 4 aromatic rings. The van der Waals surface area contributed by atoms with Gasteiger partial charge in [-0.25, -0.2) is 0 Å². The topological polar surface area (TPSA) is 50.4 Å². The Balaban J connectivity index is 1.35. The Hall–Kier alpha value is -4.05. The van der Waals surface area contributed by atoms with Crippen molar-refractivity contribution in [2.45, 2.75) is 19.4 Å². The zero-order valence-electron chi connectivity index (χ0n) is 18.0. The Bertz CT molecular complexity index is 1130. The van der Waals surface area contributed by atoms with Gasteiger partial charge in [-0.3, -0.25) is 4.79 Å². The fourth-order valence-corrected chi connectivity index (χ4v) is 3.39. The lowest BCUT2D eigenvalue weighted by Crippen LogP contribution is -2.32. The van der Waals surface area contributed by atoms with Crippen molar-refractivity contribution in [1.29, 1.82) is 0 Å². The average Bonchev–Trinajstić information content (AvgIpc) is 2.85. The number of para-hydroxylation sites is 1. The van der Waals surface area contributed by atoms with Crippen LogP contribution in [0.25, 0.3) is 11.1 Å². The number of anilines is 3. The molecule has 4 aromatic carbocycles. The fraction of sp³-hybridized carbons (Fsp3) is 0.107. The highest BCUT2D eigenvalue weighted by molar-refractivity contribution is 5.94. The summed E-state index contributed by atoms with van der Waals surface area (Å²) in [5, 5.41) is 6.28. The molecule has 0 spiro atoms. The Kier molecular flexibility index (Phi) is 6.83. The quantitative estimate of drug-likeness (QED) is 0.325. The normalized spacial score (nSPS) is 11.4. The van der Waals surface area contributed by atoms with Gasteiger partial charge in [-0.1, -0.05) is 67.6 Å². The van der Waals surface area contributed by atoms with Gasteiger partial charge in [-0.15, -0.1) is 0 Å².